The zero-order chi connectivity index (χ0) is 18.9. The third kappa shape index (κ3) is 7.48. The molecule has 1 aromatic heterocycles. The number of guanidine groups is 1. The summed E-state index contributed by atoms with van der Waals surface area (Å²) in [6.07, 6.45) is 1.66. The van der Waals surface area contributed by atoms with Gasteiger partial charge in [-0.05, 0) is 43.9 Å². The zero-order valence-electron chi connectivity index (χ0n) is 17.0. The molecule has 0 fully saturated rings. The molecule has 0 bridgehead atoms. The summed E-state index contributed by atoms with van der Waals surface area (Å²) in [6, 6.07) is 8.62. The Morgan fingerprint density at radius 2 is 1.85 bits per heavy atom. The molecule has 2 aromatic rings. The molecular formula is C20H32IN5O. The SMILES string of the molecule is CCNC(=NCCc1ccc(-c2nc(CC)no2)cc1)NC(C)C(C)C.I. The monoisotopic (exact) mass is 485 g/mol. The van der Waals surface area contributed by atoms with E-state index in [1.165, 1.54) is 5.56 Å². The highest BCUT2D eigenvalue weighted by molar-refractivity contribution is 14.0. The standard InChI is InChI=1S/C20H31N5O.HI/c1-6-18-24-19(26-25-18)17-10-8-16(9-11-17)12-13-22-20(21-7-2)23-15(5)14(3)4;/h8-11,14-15H,6-7,12-13H2,1-5H3,(H2,21,22,23);1H. The summed E-state index contributed by atoms with van der Waals surface area (Å²) in [5.41, 5.74) is 2.19. The van der Waals surface area contributed by atoms with E-state index in [9.17, 15) is 0 Å². The smallest absolute Gasteiger partial charge is 0.257 e. The highest BCUT2D eigenvalue weighted by Crippen LogP contribution is 2.18. The maximum atomic E-state index is 5.28. The third-order valence-corrected chi connectivity index (χ3v) is 4.36. The lowest BCUT2D eigenvalue weighted by Crippen LogP contribution is -2.44. The quantitative estimate of drug-likeness (QED) is 0.335. The van der Waals surface area contributed by atoms with E-state index >= 15 is 0 Å². The van der Waals surface area contributed by atoms with Crippen LogP contribution < -0.4 is 10.6 Å². The van der Waals surface area contributed by atoms with Gasteiger partial charge in [0.1, 0.15) is 0 Å². The molecule has 0 aliphatic heterocycles. The molecule has 1 aromatic carbocycles. The largest absolute Gasteiger partial charge is 0.357 e. The van der Waals surface area contributed by atoms with Crippen LogP contribution in [0.25, 0.3) is 11.5 Å². The van der Waals surface area contributed by atoms with Gasteiger partial charge < -0.3 is 15.2 Å². The van der Waals surface area contributed by atoms with Crippen LogP contribution in [0.4, 0.5) is 0 Å². The molecule has 2 rings (SSSR count). The summed E-state index contributed by atoms with van der Waals surface area (Å²) in [7, 11) is 0. The first-order valence-corrected chi connectivity index (χ1v) is 9.50. The molecular weight excluding hydrogens is 453 g/mol. The van der Waals surface area contributed by atoms with E-state index in [2.05, 4.69) is 65.6 Å². The molecule has 1 unspecified atom stereocenters. The minimum Gasteiger partial charge on any atom is -0.357 e. The van der Waals surface area contributed by atoms with Gasteiger partial charge in [0, 0.05) is 31.1 Å². The van der Waals surface area contributed by atoms with Crippen LogP contribution in [0.15, 0.2) is 33.8 Å². The van der Waals surface area contributed by atoms with Crippen LogP contribution in [-0.4, -0.2) is 35.2 Å². The molecule has 0 radical (unpaired) electrons. The van der Waals surface area contributed by atoms with Crippen molar-refractivity contribution >= 4 is 29.9 Å². The Hall–Kier alpha value is -1.64. The van der Waals surface area contributed by atoms with E-state index in [-0.39, 0.29) is 24.0 Å². The molecule has 1 heterocycles. The molecule has 6 nitrogen and oxygen atoms in total. The van der Waals surface area contributed by atoms with Gasteiger partial charge >= 0.3 is 0 Å². The summed E-state index contributed by atoms with van der Waals surface area (Å²) < 4.78 is 5.28. The van der Waals surface area contributed by atoms with E-state index in [0.29, 0.717) is 17.9 Å². The van der Waals surface area contributed by atoms with Crippen LogP contribution in [0.2, 0.25) is 0 Å². The minimum absolute atomic E-state index is 0. The number of aliphatic imine (C=N–C) groups is 1. The molecule has 1 atom stereocenters. The lowest BCUT2D eigenvalue weighted by Gasteiger charge is -2.20. The highest BCUT2D eigenvalue weighted by Gasteiger charge is 2.09. The minimum atomic E-state index is 0. The topological polar surface area (TPSA) is 75.3 Å². The van der Waals surface area contributed by atoms with Gasteiger partial charge in [0.05, 0.1) is 0 Å². The van der Waals surface area contributed by atoms with Gasteiger partial charge in [-0.1, -0.05) is 38.1 Å². The lowest BCUT2D eigenvalue weighted by molar-refractivity contribution is 0.423. The van der Waals surface area contributed by atoms with Gasteiger partial charge in [-0.2, -0.15) is 4.98 Å². The first-order chi connectivity index (χ1) is 12.5. The summed E-state index contributed by atoms with van der Waals surface area (Å²) >= 11 is 0. The maximum absolute atomic E-state index is 5.28. The number of nitrogens with one attached hydrogen (secondary N) is 2. The molecule has 150 valence electrons. The Bertz CT molecular complexity index is 697. The van der Waals surface area contributed by atoms with Crippen molar-refractivity contribution in [2.24, 2.45) is 10.9 Å². The van der Waals surface area contributed by atoms with Crippen LogP contribution in [0, 0.1) is 5.92 Å². The number of hydrogen-bond donors (Lipinski definition) is 2. The lowest BCUT2D eigenvalue weighted by atomic mass is 10.1. The van der Waals surface area contributed by atoms with Gasteiger partial charge in [0.15, 0.2) is 11.8 Å². The summed E-state index contributed by atoms with van der Waals surface area (Å²) in [6.45, 7) is 12.3. The van der Waals surface area contributed by atoms with Crippen molar-refractivity contribution in [2.45, 2.75) is 53.5 Å². The highest BCUT2D eigenvalue weighted by atomic mass is 127. The van der Waals surface area contributed by atoms with Crippen molar-refractivity contribution in [3.63, 3.8) is 0 Å². The van der Waals surface area contributed by atoms with Crippen molar-refractivity contribution in [1.29, 1.82) is 0 Å². The number of benzene rings is 1. The van der Waals surface area contributed by atoms with Gasteiger partial charge in [-0.25, -0.2) is 0 Å². The van der Waals surface area contributed by atoms with Crippen LogP contribution >= 0.6 is 24.0 Å². The number of rotatable bonds is 8. The summed E-state index contributed by atoms with van der Waals surface area (Å²) in [5.74, 6) is 2.75. The fourth-order valence-corrected chi connectivity index (χ4v) is 2.33. The van der Waals surface area contributed by atoms with Crippen LogP contribution in [0.1, 0.15) is 46.0 Å². The van der Waals surface area contributed by atoms with E-state index < -0.39 is 0 Å². The Labute approximate surface area is 179 Å². The Morgan fingerprint density at radius 3 is 2.41 bits per heavy atom. The van der Waals surface area contributed by atoms with Crippen LogP contribution in [0.3, 0.4) is 0 Å². The van der Waals surface area contributed by atoms with E-state index in [0.717, 1.165) is 43.3 Å². The molecule has 27 heavy (non-hydrogen) atoms. The normalized spacial score (nSPS) is 12.6. The van der Waals surface area contributed by atoms with Crippen molar-refractivity contribution in [1.82, 2.24) is 20.8 Å². The predicted molar refractivity (Wildman–Crippen MR) is 122 cm³/mol. The van der Waals surface area contributed by atoms with Crippen molar-refractivity contribution < 1.29 is 4.52 Å². The second-order valence-electron chi connectivity index (χ2n) is 6.75. The molecule has 0 saturated carbocycles. The third-order valence-electron chi connectivity index (χ3n) is 4.36. The van der Waals surface area contributed by atoms with Gasteiger partial charge in [-0.3, -0.25) is 4.99 Å². The number of nitrogens with zero attached hydrogens (tertiary/aromatic N) is 3. The molecule has 0 saturated heterocycles. The number of aromatic nitrogens is 2. The van der Waals surface area contributed by atoms with E-state index in [1.54, 1.807) is 0 Å². The maximum Gasteiger partial charge on any atom is 0.257 e. The number of aryl methyl sites for hydroxylation is 1. The summed E-state index contributed by atoms with van der Waals surface area (Å²) in [4.78, 5) is 9.04. The molecule has 2 N–H and O–H groups in total. The van der Waals surface area contributed by atoms with Crippen molar-refractivity contribution in [3.05, 3.63) is 35.7 Å². The van der Waals surface area contributed by atoms with Crippen molar-refractivity contribution in [2.75, 3.05) is 13.1 Å². The molecule has 0 aliphatic carbocycles. The van der Waals surface area contributed by atoms with Gasteiger partial charge in [0.2, 0.25) is 0 Å². The Morgan fingerprint density at radius 1 is 1.15 bits per heavy atom. The fraction of sp³-hybridized carbons (Fsp3) is 0.550. The average Bonchev–Trinajstić information content (AvgIpc) is 3.11. The molecule has 0 amide bonds. The van der Waals surface area contributed by atoms with Gasteiger partial charge in [-0.15, -0.1) is 24.0 Å². The van der Waals surface area contributed by atoms with Crippen molar-refractivity contribution in [3.8, 4) is 11.5 Å². The van der Waals surface area contributed by atoms with E-state index in [1.807, 2.05) is 19.1 Å². The first-order valence-electron chi connectivity index (χ1n) is 9.50. The van der Waals surface area contributed by atoms with Crippen LogP contribution in [-0.2, 0) is 12.8 Å². The predicted octanol–water partition coefficient (Wildman–Crippen LogP) is 4.06. The summed E-state index contributed by atoms with van der Waals surface area (Å²) in [5, 5.41) is 10.7. The first kappa shape index (κ1) is 23.4. The van der Waals surface area contributed by atoms with Gasteiger partial charge in [0.25, 0.3) is 5.89 Å². The number of halogens is 1. The van der Waals surface area contributed by atoms with Crippen LogP contribution in [0.5, 0.6) is 0 Å². The zero-order valence-corrected chi connectivity index (χ0v) is 19.3. The average molecular weight is 485 g/mol. The second-order valence-corrected chi connectivity index (χ2v) is 6.75. The molecule has 7 heteroatoms. The molecule has 0 spiro atoms. The van der Waals surface area contributed by atoms with E-state index in [4.69, 9.17) is 4.52 Å². The second kappa shape index (κ2) is 11.9. The Balaban J connectivity index is 0.00000364. The fourth-order valence-electron chi connectivity index (χ4n) is 2.33. The Kier molecular flexibility index (Phi) is 10.4. The number of hydrogen-bond acceptors (Lipinski definition) is 4. The molecule has 0 aliphatic rings.